The molecule has 0 amide bonds. The highest BCUT2D eigenvalue weighted by Gasteiger charge is 2.38. The van der Waals surface area contributed by atoms with Gasteiger partial charge in [-0.15, -0.1) is 0 Å². The third-order valence-electron chi connectivity index (χ3n) is 5.63. The lowest BCUT2D eigenvalue weighted by Crippen LogP contribution is -3.15. The minimum Gasteiger partial charge on any atom is -0.360 e. The zero-order valence-electron chi connectivity index (χ0n) is 12.5. The van der Waals surface area contributed by atoms with Crippen LogP contribution in [0, 0.1) is 23.6 Å². The molecule has 0 aromatic heterocycles. The molecule has 2 bridgehead atoms. The molecule has 21 heavy (non-hydrogen) atoms. The molecule has 2 aliphatic carbocycles. The second-order valence-electron chi connectivity index (χ2n) is 6.96. The Morgan fingerprint density at radius 3 is 2.43 bits per heavy atom. The van der Waals surface area contributed by atoms with E-state index < -0.39 is 0 Å². The third kappa shape index (κ3) is 2.71. The van der Waals surface area contributed by atoms with Gasteiger partial charge in [0.1, 0.15) is 5.82 Å². The van der Waals surface area contributed by atoms with E-state index in [2.05, 4.69) is 17.1 Å². The third-order valence-corrected chi connectivity index (χ3v) is 5.63. The van der Waals surface area contributed by atoms with Crippen molar-refractivity contribution in [3.63, 3.8) is 0 Å². The first kappa shape index (κ1) is 13.3. The number of hydrogen-bond acceptors (Lipinski definition) is 1. The molecule has 2 nitrogen and oxygen atoms in total. The summed E-state index contributed by atoms with van der Waals surface area (Å²) in [4.78, 5) is 4.16. The van der Waals surface area contributed by atoms with Crippen molar-refractivity contribution in [3.05, 3.63) is 42.2 Å². The fraction of sp³-hybridized carbons (Fsp3) is 0.556. The summed E-state index contributed by atoms with van der Waals surface area (Å²) in [5.74, 6) is 2.54. The van der Waals surface area contributed by atoms with Gasteiger partial charge in [0.2, 0.25) is 0 Å². The van der Waals surface area contributed by atoms with Crippen molar-refractivity contribution in [1.29, 1.82) is 0 Å². The number of anilines is 1. The second-order valence-corrected chi connectivity index (χ2v) is 6.96. The molecule has 0 spiro atoms. The average Bonchev–Trinajstić information content (AvgIpc) is 3.12. The summed E-state index contributed by atoms with van der Waals surface area (Å²) >= 11 is 0. The highest BCUT2D eigenvalue weighted by molar-refractivity contribution is 5.46. The minimum absolute atomic E-state index is 0.146. The molecule has 1 saturated heterocycles. The average molecular weight is 287 g/mol. The first-order valence-electron chi connectivity index (χ1n) is 8.30. The number of quaternary nitrogens is 1. The van der Waals surface area contributed by atoms with Gasteiger partial charge in [-0.25, -0.2) is 4.39 Å². The number of halogens is 1. The Morgan fingerprint density at radius 1 is 1.05 bits per heavy atom. The van der Waals surface area contributed by atoms with E-state index in [0.29, 0.717) is 0 Å². The summed E-state index contributed by atoms with van der Waals surface area (Å²) in [7, 11) is 0. The van der Waals surface area contributed by atoms with Crippen LogP contribution in [-0.4, -0.2) is 32.7 Å². The molecule has 1 aromatic rings. The van der Waals surface area contributed by atoms with Gasteiger partial charge in [-0.2, -0.15) is 0 Å². The molecule has 4 rings (SSSR count). The summed E-state index contributed by atoms with van der Waals surface area (Å²) in [5, 5.41) is 0. The molecule has 1 saturated carbocycles. The Bertz CT molecular complexity index is 517. The monoisotopic (exact) mass is 287 g/mol. The number of piperazine rings is 1. The number of hydrogen-bond donors (Lipinski definition) is 1. The largest absolute Gasteiger partial charge is 0.360 e. The van der Waals surface area contributed by atoms with E-state index in [9.17, 15) is 4.39 Å². The molecular weight excluding hydrogens is 263 g/mol. The normalized spacial score (nSPS) is 32.0. The molecule has 3 heteroatoms. The van der Waals surface area contributed by atoms with Gasteiger partial charge in [0.05, 0.1) is 32.7 Å². The summed E-state index contributed by atoms with van der Waals surface area (Å²) in [6.07, 6.45) is 7.74. The number of benzene rings is 1. The van der Waals surface area contributed by atoms with E-state index in [4.69, 9.17) is 0 Å². The first-order valence-corrected chi connectivity index (χ1v) is 8.30. The lowest BCUT2D eigenvalue weighted by Gasteiger charge is -2.35. The van der Waals surface area contributed by atoms with Crippen molar-refractivity contribution in [2.45, 2.75) is 12.8 Å². The van der Waals surface area contributed by atoms with Crippen molar-refractivity contribution >= 4 is 5.69 Å². The smallest absolute Gasteiger partial charge is 0.123 e. The van der Waals surface area contributed by atoms with Crippen LogP contribution in [0.1, 0.15) is 12.8 Å². The van der Waals surface area contributed by atoms with Crippen molar-refractivity contribution in [2.24, 2.45) is 17.8 Å². The minimum atomic E-state index is -0.146. The van der Waals surface area contributed by atoms with Crippen LogP contribution >= 0.6 is 0 Å². The number of nitrogens with zero attached hydrogens (tertiary/aromatic N) is 1. The van der Waals surface area contributed by atoms with Crippen LogP contribution in [0.5, 0.6) is 0 Å². The van der Waals surface area contributed by atoms with Gasteiger partial charge in [-0.3, -0.25) is 0 Å². The van der Waals surface area contributed by atoms with Gasteiger partial charge in [0, 0.05) is 11.6 Å². The Kier molecular flexibility index (Phi) is 3.46. The summed E-state index contributed by atoms with van der Waals surface area (Å²) in [6.45, 7) is 5.97. The topological polar surface area (TPSA) is 7.68 Å². The Labute approximate surface area is 126 Å². The van der Waals surface area contributed by atoms with E-state index in [1.165, 1.54) is 38.2 Å². The first-order chi connectivity index (χ1) is 10.3. The zero-order valence-corrected chi connectivity index (χ0v) is 12.5. The molecule has 1 N–H and O–H groups in total. The summed E-state index contributed by atoms with van der Waals surface area (Å²) < 4.78 is 13.0. The number of nitrogens with one attached hydrogen (secondary N) is 1. The Balaban J connectivity index is 1.30. The second kappa shape index (κ2) is 5.45. The van der Waals surface area contributed by atoms with Gasteiger partial charge in [0.25, 0.3) is 0 Å². The Hall–Kier alpha value is -1.35. The van der Waals surface area contributed by atoms with E-state index in [1.54, 1.807) is 17.0 Å². The predicted octanol–water partition coefficient (Wildman–Crippen LogP) is 1.74. The van der Waals surface area contributed by atoms with Gasteiger partial charge in [-0.1, -0.05) is 12.2 Å². The highest BCUT2D eigenvalue weighted by Crippen LogP contribution is 2.42. The molecule has 1 aromatic carbocycles. The standard InChI is InChI=1S/C18H23FN2/c19-17-3-5-18(6-4-17)21-9-7-20(8-10-21)13-16-12-14-1-2-15(16)11-14/h1-6,14-16H,7-13H2/p+1/t14-,15-,16-/m0/s1. The molecule has 0 radical (unpaired) electrons. The highest BCUT2D eigenvalue weighted by atomic mass is 19.1. The quantitative estimate of drug-likeness (QED) is 0.832. The SMILES string of the molecule is Fc1ccc(N2CC[NH+](C[C@@H]3C[C@H]4C=C[C@H]3C4)CC2)cc1. The van der Waals surface area contributed by atoms with Crippen LogP contribution in [-0.2, 0) is 0 Å². The number of rotatable bonds is 3. The van der Waals surface area contributed by atoms with Crippen LogP contribution in [0.3, 0.4) is 0 Å². The maximum absolute atomic E-state index is 13.0. The van der Waals surface area contributed by atoms with Crippen LogP contribution in [0.4, 0.5) is 10.1 Å². The molecule has 3 atom stereocenters. The van der Waals surface area contributed by atoms with Gasteiger partial charge >= 0.3 is 0 Å². The van der Waals surface area contributed by atoms with Crippen molar-refractivity contribution in [2.75, 3.05) is 37.6 Å². The molecule has 112 valence electrons. The summed E-state index contributed by atoms with van der Waals surface area (Å²) in [6, 6.07) is 6.94. The van der Waals surface area contributed by atoms with Crippen molar-refractivity contribution in [1.82, 2.24) is 0 Å². The zero-order chi connectivity index (χ0) is 14.2. The maximum Gasteiger partial charge on any atom is 0.123 e. The predicted molar refractivity (Wildman–Crippen MR) is 83.0 cm³/mol. The van der Waals surface area contributed by atoms with Crippen molar-refractivity contribution in [3.8, 4) is 0 Å². The Morgan fingerprint density at radius 2 is 1.81 bits per heavy atom. The fourth-order valence-electron chi connectivity index (χ4n) is 4.44. The van der Waals surface area contributed by atoms with E-state index in [-0.39, 0.29) is 5.82 Å². The van der Waals surface area contributed by atoms with Crippen LogP contribution in [0.15, 0.2) is 36.4 Å². The molecule has 3 aliphatic rings. The van der Waals surface area contributed by atoms with E-state index in [0.717, 1.165) is 30.8 Å². The molecule has 1 heterocycles. The van der Waals surface area contributed by atoms with Gasteiger partial charge in [-0.05, 0) is 48.9 Å². The van der Waals surface area contributed by atoms with Crippen LogP contribution in [0.25, 0.3) is 0 Å². The lowest BCUT2D eigenvalue weighted by molar-refractivity contribution is -0.904. The van der Waals surface area contributed by atoms with E-state index in [1.807, 2.05) is 12.1 Å². The summed E-state index contributed by atoms with van der Waals surface area (Å²) in [5.41, 5.74) is 1.17. The van der Waals surface area contributed by atoms with Gasteiger partial charge in [0.15, 0.2) is 0 Å². The van der Waals surface area contributed by atoms with Crippen LogP contribution in [0.2, 0.25) is 0 Å². The lowest BCUT2D eigenvalue weighted by atomic mass is 9.93. The number of allylic oxidation sites excluding steroid dienone is 2. The van der Waals surface area contributed by atoms with Crippen LogP contribution < -0.4 is 9.80 Å². The van der Waals surface area contributed by atoms with E-state index >= 15 is 0 Å². The molecule has 0 unspecified atom stereocenters. The number of fused-ring (bicyclic) bond motifs is 2. The molecule has 1 aliphatic heterocycles. The molecular formula is C18H24FN2+. The maximum atomic E-state index is 13.0. The van der Waals surface area contributed by atoms with Crippen molar-refractivity contribution < 1.29 is 9.29 Å². The van der Waals surface area contributed by atoms with Gasteiger partial charge < -0.3 is 9.80 Å². The molecule has 2 fully saturated rings. The fourth-order valence-corrected chi connectivity index (χ4v) is 4.44.